The minimum atomic E-state index is -5.07. The Bertz CT molecular complexity index is 1080. The largest absolute Gasteiger partial charge is 0.416 e. The highest BCUT2D eigenvalue weighted by Gasteiger charge is 2.37. The number of hydrogen-bond acceptors (Lipinski definition) is 2. The third kappa shape index (κ3) is 5.19. The molecule has 0 aliphatic rings. The Morgan fingerprint density at radius 1 is 0.871 bits per heavy atom. The van der Waals surface area contributed by atoms with Gasteiger partial charge in [0.1, 0.15) is 5.82 Å². The number of rotatable bonds is 4. The van der Waals surface area contributed by atoms with Crippen LogP contribution in [0.3, 0.4) is 0 Å². The Labute approximate surface area is 171 Å². The van der Waals surface area contributed by atoms with E-state index in [-0.39, 0.29) is 18.2 Å². The van der Waals surface area contributed by atoms with Crippen molar-refractivity contribution >= 4 is 5.91 Å². The highest BCUT2D eigenvalue weighted by molar-refractivity contribution is 5.94. The molecule has 2 aromatic carbocycles. The van der Waals surface area contributed by atoms with Crippen molar-refractivity contribution in [3.05, 3.63) is 89.0 Å². The molecule has 1 heterocycles. The van der Waals surface area contributed by atoms with Crippen LogP contribution in [0.15, 0.2) is 60.9 Å². The molecule has 0 bridgehead atoms. The number of amides is 1. The molecule has 3 aromatic rings. The van der Waals surface area contributed by atoms with E-state index in [4.69, 9.17) is 0 Å². The minimum Gasteiger partial charge on any atom is -0.348 e. The lowest BCUT2D eigenvalue weighted by molar-refractivity contribution is -0.143. The topological polar surface area (TPSA) is 42.0 Å². The number of alkyl halides is 6. The van der Waals surface area contributed by atoms with Gasteiger partial charge in [0, 0.05) is 30.1 Å². The summed E-state index contributed by atoms with van der Waals surface area (Å²) in [5.41, 5.74) is -3.11. The Morgan fingerprint density at radius 3 is 2.06 bits per heavy atom. The molecule has 162 valence electrons. The molecule has 1 aromatic heterocycles. The molecule has 0 fully saturated rings. The Kier molecular flexibility index (Phi) is 6.01. The first-order valence-corrected chi connectivity index (χ1v) is 8.72. The molecule has 31 heavy (non-hydrogen) atoms. The number of hydrogen-bond donors (Lipinski definition) is 1. The van der Waals surface area contributed by atoms with Gasteiger partial charge in [-0.1, -0.05) is 18.2 Å². The highest BCUT2D eigenvalue weighted by Crippen LogP contribution is 2.36. The number of nitrogens with one attached hydrogen (secondary N) is 1. The summed E-state index contributed by atoms with van der Waals surface area (Å²) in [5.74, 6) is -1.70. The van der Waals surface area contributed by atoms with Crippen molar-refractivity contribution in [1.29, 1.82) is 0 Å². The van der Waals surface area contributed by atoms with Gasteiger partial charge >= 0.3 is 12.4 Å². The molecule has 0 aliphatic heterocycles. The molecule has 0 saturated heterocycles. The van der Waals surface area contributed by atoms with Gasteiger partial charge in [-0.3, -0.25) is 9.78 Å². The van der Waals surface area contributed by atoms with Crippen molar-refractivity contribution in [3.8, 4) is 11.1 Å². The van der Waals surface area contributed by atoms with E-state index in [0.717, 1.165) is 0 Å². The van der Waals surface area contributed by atoms with E-state index >= 15 is 0 Å². The number of nitrogens with zero attached hydrogens (tertiary/aromatic N) is 1. The van der Waals surface area contributed by atoms with Crippen LogP contribution < -0.4 is 5.32 Å². The standard InChI is InChI=1S/C21H13F7N2O/c22-18-4-2-1-3-17(18)16-5-6-29-10-13(16)11-30-19(31)12-7-14(20(23,24)25)9-15(8-12)21(26,27)28/h1-10H,11H2,(H,30,31). The van der Waals surface area contributed by atoms with Gasteiger partial charge in [-0.05, 0) is 41.5 Å². The van der Waals surface area contributed by atoms with Gasteiger partial charge in [0.05, 0.1) is 11.1 Å². The van der Waals surface area contributed by atoms with E-state index in [0.29, 0.717) is 23.3 Å². The van der Waals surface area contributed by atoms with E-state index < -0.39 is 40.8 Å². The number of halogens is 7. The van der Waals surface area contributed by atoms with Crippen molar-refractivity contribution in [2.75, 3.05) is 0 Å². The van der Waals surface area contributed by atoms with Gasteiger partial charge in [-0.15, -0.1) is 0 Å². The van der Waals surface area contributed by atoms with Crippen LogP contribution >= 0.6 is 0 Å². The van der Waals surface area contributed by atoms with Gasteiger partial charge in [0.15, 0.2) is 0 Å². The summed E-state index contributed by atoms with van der Waals surface area (Å²) in [6.07, 6.45) is -7.44. The van der Waals surface area contributed by atoms with E-state index in [1.807, 2.05) is 0 Å². The van der Waals surface area contributed by atoms with E-state index in [2.05, 4.69) is 10.3 Å². The lowest BCUT2D eigenvalue weighted by atomic mass is 10.0. The summed E-state index contributed by atoms with van der Waals surface area (Å²) >= 11 is 0. The van der Waals surface area contributed by atoms with Crippen LogP contribution in [0.1, 0.15) is 27.0 Å². The second kappa shape index (κ2) is 8.37. The third-order valence-electron chi connectivity index (χ3n) is 4.36. The maximum absolute atomic E-state index is 14.1. The zero-order chi connectivity index (χ0) is 22.8. The molecule has 0 saturated carbocycles. The first-order chi connectivity index (χ1) is 14.5. The lowest BCUT2D eigenvalue weighted by Crippen LogP contribution is -2.24. The fraction of sp³-hybridized carbons (Fsp3) is 0.143. The number of benzene rings is 2. The van der Waals surface area contributed by atoms with Gasteiger partial charge in [-0.25, -0.2) is 4.39 Å². The maximum Gasteiger partial charge on any atom is 0.416 e. The second-order valence-electron chi connectivity index (χ2n) is 6.49. The predicted octanol–water partition coefficient (Wildman–Crippen LogP) is 5.86. The molecule has 1 amide bonds. The van der Waals surface area contributed by atoms with Crippen molar-refractivity contribution in [3.63, 3.8) is 0 Å². The monoisotopic (exact) mass is 442 g/mol. The first-order valence-electron chi connectivity index (χ1n) is 8.72. The predicted molar refractivity (Wildman–Crippen MR) is 97.2 cm³/mol. The molecule has 10 heteroatoms. The van der Waals surface area contributed by atoms with E-state index in [1.54, 1.807) is 6.07 Å². The van der Waals surface area contributed by atoms with Crippen molar-refractivity contribution in [2.24, 2.45) is 0 Å². The van der Waals surface area contributed by atoms with Crippen LogP contribution in [-0.2, 0) is 18.9 Å². The SMILES string of the molecule is O=C(NCc1cnccc1-c1ccccc1F)c1cc(C(F)(F)F)cc(C(F)(F)F)c1. The molecular formula is C21H13F7N2O. The average Bonchev–Trinajstić information content (AvgIpc) is 2.71. The summed E-state index contributed by atoms with van der Waals surface area (Å²) in [6, 6.07) is 7.87. The van der Waals surface area contributed by atoms with Crippen molar-refractivity contribution in [1.82, 2.24) is 10.3 Å². The van der Waals surface area contributed by atoms with Crippen molar-refractivity contribution < 1.29 is 35.5 Å². The summed E-state index contributed by atoms with van der Waals surface area (Å²) in [6.45, 7) is -0.298. The zero-order valence-electron chi connectivity index (χ0n) is 15.5. The van der Waals surface area contributed by atoms with Crippen LogP contribution in [0.25, 0.3) is 11.1 Å². The van der Waals surface area contributed by atoms with Gasteiger partial charge in [0.25, 0.3) is 5.91 Å². The highest BCUT2D eigenvalue weighted by atomic mass is 19.4. The summed E-state index contributed by atoms with van der Waals surface area (Å²) in [4.78, 5) is 16.2. The molecular weight excluding hydrogens is 429 g/mol. The maximum atomic E-state index is 14.1. The Hall–Kier alpha value is -3.43. The molecule has 0 spiro atoms. The Morgan fingerprint density at radius 2 is 1.48 bits per heavy atom. The lowest BCUT2D eigenvalue weighted by Gasteiger charge is -2.15. The minimum absolute atomic E-state index is 0.0613. The molecule has 1 N–H and O–H groups in total. The number of carbonyl (C=O) groups excluding carboxylic acids is 1. The first kappa shape index (κ1) is 22.3. The van der Waals surface area contributed by atoms with Crippen LogP contribution in [0.2, 0.25) is 0 Å². The van der Waals surface area contributed by atoms with E-state index in [1.165, 1.54) is 36.7 Å². The van der Waals surface area contributed by atoms with Gasteiger partial charge in [0.2, 0.25) is 0 Å². The third-order valence-corrected chi connectivity index (χ3v) is 4.36. The fourth-order valence-electron chi connectivity index (χ4n) is 2.87. The Balaban J connectivity index is 1.90. The van der Waals surface area contributed by atoms with Gasteiger partial charge < -0.3 is 5.32 Å². The summed E-state index contributed by atoms with van der Waals surface area (Å²) in [5, 5.41) is 2.27. The molecule has 3 rings (SSSR count). The number of carbonyl (C=O) groups is 1. The normalized spacial score (nSPS) is 12.0. The fourth-order valence-corrected chi connectivity index (χ4v) is 2.87. The summed E-state index contributed by atoms with van der Waals surface area (Å²) in [7, 11) is 0. The number of pyridine rings is 1. The van der Waals surface area contributed by atoms with E-state index in [9.17, 15) is 35.5 Å². The zero-order valence-corrected chi connectivity index (χ0v) is 15.5. The smallest absolute Gasteiger partial charge is 0.348 e. The van der Waals surface area contributed by atoms with Crippen LogP contribution in [0.5, 0.6) is 0 Å². The average molecular weight is 442 g/mol. The molecule has 0 atom stereocenters. The van der Waals surface area contributed by atoms with Crippen LogP contribution in [0, 0.1) is 5.82 Å². The summed E-state index contributed by atoms with van der Waals surface area (Å²) < 4.78 is 92.0. The molecule has 0 aliphatic carbocycles. The molecule has 0 unspecified atom stereocenters. The number of aromatic nitrogens is 1. The van der Waals surface area contributed by atoms with Crippen LogP contribution in [-0.4, -0.2) is 10.9 Å². The van der Waals surface area contributed by atoms with Crippen molar-refractivity contribution in [2.45, 2.75) is 18.9 Å². The van der Waals surface area contributed by atoms with Gasteiger partial charge in [-0.2, -0.15) is 26.3 Å². The molecule has 3 nitrogen and oxygen atoms in total. The molecule has 0 radical (unpaired) electrons. The quantitative estimate of drug-likeness (QED) is 0.515. The second-order valence-corrected chi connectivity index (χ2v) is 6.49. The van der Waals surface area contributed by atoms with Crippen LogP contribution in [0.4, 0.5) is 30.7 Å².